The average molecular weight is 455 g/mol. The van der Waals surface area contributed by atoms with Gasteiger partial charge in [-0.2, -0.15) is 0 Å². The van der Waals surface area contributed by atoms with E-state index in [0.29, 0.717) is 5.91 Å². The first kappa shape index (κ1) is 20.7. The molecule has 7 heteroatoms. The highest BCUT2D eigenvalue weighted by atomic mass is 35.5. The summed E-state index contributed by atoms with van der Waals surface area (Å²) < 4.78 is 0. The van der Waals surface area contributed by atoms with Gasteiger partial charge in [-0.05, 0) is 43.4 Å². The lowest BCUT2D eigenvalue weighted by molar-refractivity contribution is -0.136. The summed E-state index contributed by atoms with van der Waals surface area (Å²) in [4.78, 5) is 27.7. The molecular weight excluding hydrogens is 428 g/mol. The van der Waals surface area contributed by atoms with Crippen molar-refractivity contribution < 1.29 is 4.79 Å². The maximum Gasteiger partial charge on any atom is 0.225 e. The Morgan fingerprint density at radius 3 is 2.39 bits per heavy atom. The summed E-state index contributed by atoms with van der Waals surface area (Å²) in [6.45, 7) is 3.58. The zero-order valence-corrected chi connectivity index (χ0v) is 19.2. The summed E-state index contributed by atoms with van der Waals surface area (Å²) in [5.74, 6) is 1.49. The van der Waals surface area contributed by atoms with Crippen LogP contribution >= 0.6 is 22.9 Å². The summed E-state index contributed by atoms with van der Waals surface area (Å²) in [6, 6.07) is 7.94. The van der Waals surface area contributed by atoms with Gasteiger partial charge in [0.05, 0.1) is 5.39 Å². The SMILES string of the molecule is O=C(C1CCN(c2ncnc3scc(-c4ccc(Cl)cc4)c23)CC1)N1CCCCCC1. The summed E-state index contributed by atoms with van der Waals surface area (Å²) in [7, 11) is 0. The summed E-state index contributed by atoms with van der Waals surface area (Å²) in [5.41, 5.74) is 2.27. The molecule has 0 saturated carbocycles. The molecule has 5 rings (SSSR count). The second-order valence-electron chi connectivity index (χ2n) is 8.53. The van der Waals surface area contributed by atoms with Crippen LogP contribution in [-0.2, 0) is 4.79 Å². The molecule has 0 aliphatic carbocycles. The molecule has 162 valence electrons. The molecular formula is C24H27ClN4OS. The molecule has 2 aliphatic heterocycles. The third kappa shape index (κ3) is 4.28. The van der Waals surface area contributed by atoms with E-state index in [1.807, 2.05) is 24.3 Å². The van der Waals surface area contributed by atoms with Gasteiger partial charge in [0.25, 0.3) is 0 Å². The van der Waals surface area contributed by atoms with Gasteiger partial charge in [-0.1, -0.05) is 36.6 Å². The van der Waals surface area contributed by atoms with E-state index in [4.69, 9.17) is 11.6 Å². The van der Waals surface area contributed by atoms with Crippen LogP contribution in [0.2, 0.25) is 5.02 Å². The number of anilines is 1. The van der Waals surface area contributed by atoms with Crippen LogP contribution in [0.1, 0.15) is 38.5 Å². The standard InChI is InChI=1S/C24H27ClN4OS/c25-19-7-5-17(6-8-19)20-15-31-23-21(20)22(26-16-27-23)28-13-9-18(10-14-28)24(30)29-11-3-1-2-4-12-29/h5-8,15-16,18H,1-4,9-14H2. The number of rotatable bonds is 3. The third-order valence-electron chi connectivity index (χ3n) is 6.57. The zero-order valence-electron chi connectivity index (χ0n) is 17.6. The molecule has 0 atom stereocenters. The summed E-state index contributed by atoms with van der Waals surface area (Å²) in [6.07, 6.45) is 8.24. The predicted molar refractivity (Wildman–Crippen MR) is 128 cm³/mol. The van der Waals surface area contributed by atoms with E-state index in [1.54, 1.807) is 17.7 Å². The lowest BCUT2D eigenvalue weighted by atomic mass is 9.94. The molecule has 31 heavy (non-hydrogen) atoms. The Balaban J connectivity index is 1.35. The van der Waals surface area contributed by atoms with Gasteiger partial charge < -0.3 is 9.80 Å². The minimum absolute atomic E-state index is 0.143. The van der Waals surface area contributed by atoms with E-state index in [0.717, 1.165) is 84.0 Å². The van der Waals surface area contributed by atoms with E-state index in [2.05, 4.69) is 25.1 Å². The highest BCUT2D eigenvalue weighted by molar-refractivity contribution is 7.17. The number of aromatic nitrogens is 2. The number of carbonyl (C=O) groups excluding carboxylic acids is 1. The topological polar surface area (TPSA) is 49.3 Å². The van der Waals surface area contributed by atoms with Crippen LogP contribution in [0.5, 0.6) is 0 Å². The van der Waals surface area contributed by atoms with Crippen molar-refractivity contribution >= 4 is 44.9 Å². The van der Waals surface area contributed by atoms with E-state index in [9.17, 15) is 4.79 Å². The summed E-state index contributed by atoms with van der Waals surface area (Å²) >= 11 is 7.73. The maximum absolute atomic E-state index is 13.1. The van der Waals surface area contributed by atoms with Crippen molar-refractivity contribution in [3.05, 3.63) is 41.0 Å². The van der Waals surface area contributed by atoms with Gasteiger partial charge in [-0.25, -0.2) is 9.97 Å². The number of fused-ring (bicyclic) bond motifs is 1. The molecule has 1 aromatic carbocycles. The Morgan fingerprint density at radius 1 is 0.968 bits per heavy atom. The molecule has 5 nitrogen and oxygen atoms in total. The highest BCUT2D eigenvalue weighted by Crippen LogP contribution is 2.39. The minimum Gasteiger partial charge on any atom is -0.356 e. The van der Waals surface area contributed by atoms with Gasteiger partial charge in [0.1, 0.15) is 17.0 Å². The number of halogens is 1. The van der Waals surface area contributed by atoms with E-state index in [1.165, 1.54) is 12.8 Å². The van der Waals surface area contributed by atoms with Crippen molar-refractivity contribution in [1.82, 2.24) is 14.9 Å². The Labute approximate surface area is 192 Å². The molecule has 4 heterocycles. The van der Waals surface area contributed by atoms with Crippen LogP contribution in [0, 0.1) is 5.92 Å². The number of thiophene rings is 1. The number of amides is 1. The average Bonchev–Trinajstić information content (AvgIpc) is 3.06. The monoisotopic (exact) mass is 454 g/mol. The van der Waals surface area contributed by atoms with Crippen molar-refractivity contribution in [1.29, 1.82) is 0 Å². The van der Waals surface area contributed by atoms with Gasteiger partial charge >= 0.3 is 0 Å². The molecule has 0 radical (unpaired) electrons. The van der Waals surface area contributed by atoms with E-state index < -0.39 is 0 Å². The molecule has 2 saturated heterocycles. The van der Waals surface area contributed by atoms with Crippen LogP contribution in [0.4, 0.5) is 5.82 Å². The largest absolute Gasteiger partial charge is 0.356 e. The lowest BCUT2D eigenvalue weighted by Crippen LogP contribution is -2.43. The van der Waals surface area contributed by atoms with Gasteiger partial charge in [-0.3, -0.25) is 4.79 Å². The van der Waals surface area contributed by atoms with Crippen LogP contribution < -0.4 is 4.90 Å². The van der Waals surface area contributed by atoms with Crippen LogP contribution in [0.25, 0.3) is 21.3 Å². The van der Waals surface area contributed by atoms with Crippen molar-refractivity contribution in [3.63, 3.8) is 0 Å². The first-order valence-electron chi connectivity index (χ1n) is 11.2. The van der Waals surface area contributed by atoms with Crippen molar-refractivity contribution in [2.75, 3.05) is 31.1 Å². The number of hydrogen-bond donors (Lipinski definition) is 0. The summed E-state index contributed by atoms with van der Waals surface area (Å²) in [5, 5.41) is 3.99. The fourth-order valence-electron chi connectivity index (χ4n) is 4.83. The Hall–Kier alpha value is -2.18. The lowest BCUT2D eigenvalue weighted by Gasteiger charge is -2.35. The van der Waals surface area contributed by atoms with E-state index in [-0.39, 0.29) is 5.92 Å². The fourth-order valence-corrected chi connectivity index (χ4v) is 5.87. The first-order valence-corrected chi connectivity index (χ1v) is 12.5. The van der Waals surface area contributed by atoms with Gasteiger partial charge in [0.2, 0.25) is 5.91 Å². The number of nitrogens with zero attached hydrogens (tertiary/aromatic N) is 4. The number of likely N-dealkylation sites (tertiary alicyclic amines) is 1. The minimum atomic E-state index is 0.143. The second-order valence-corrected chi connectivity index (χ2v) is 9.83. The fraction of sp³-hybridized carbons (Fsp3) is 0.458. The Kier molecular flexibility index (Phi) is 6.10. The molecule has 2 aromatic heterocycles. The molecule has 0 spiro atoms. The van der Waals surface area contributed by atoms with Gasteiger partial charge in [0.15, 0.2) is 0 Å². The van der Waals surface area contributed by atoms with Crippen molar-refractivity contribution in [3.8, 4) is 11.1 Å². The molecule has 2 aliphatic rings. The smallest absolute Gasteiger partial charge is 0.225 e. The van der Waals surface area contributed by atoms with Gasteiger partial charge in [-0.15, -0.1) is 11.3 Å². The van der Waals surface area contributed by atoms with E-state index >= 15 is 0 Å². The quantitative estimate of drug-likeness (QED) is 0.514. The predicted octanol–water partition coefficient (Wildman–Crippen LogP) is 5.63. The third-order valence-corrected chi connectivity index (χ3v) is 7.71. The molecule has 0 bridgehead atoms. The molecule has 0 unspecified atom stereocenters. The molecule has 1 amide bonds. The normalized spacial score (nSPS) is 18.4. The molecule has 2 fully saturated rings. The van der Waals surface area contributed by atoms with Crippen LogP contribution in [0.3, 0.4) is 0 Å². The van der Waals surface area contributed by atoms with Crippen LogP contribution in [-0.4, -0.2) is 47.0 Å². The van der Waals surface area contributed by atoms with Crippen molar-refractivity contribution in [2.45, 2.75) is 38.5 Å². The van der Waals surface area contributed by atoms with Gasteiger partial charge in [0, 0.05) is 48.1 Å². The highest BCUT2D eigenvalue weighted by Gasteiger charge is 2.30. The Bertz CT molecular complexity index is 1050. The molecule has 0 N–H and O–H groups in total. The second kappa shape index (κ2) is 9.13. The number of hydrogen-bond acceptors (Lipinski definition) is 5. The number of piperidine rings is 1. The Morgan fingerprint density at radius 2 is 1.68 bits per heavy atom. The number of carbonyl (C=O) groups is 1. The first-order chi connectivity index (χ1) is 15.2. The van der Waals surface area contributed by atoms with Crippen LogP contribution in [0.15, 0.2) is 36.0 Å². The molecule has 3 aromatic rings. The number of benzene rings is 1. The zero-order chi connectivity index (χ0) is 21.2. The van der Waals surface area contributed by atoms with Crippen molar-refractivity contribution in [2.24, 2.45) is 5.92 Å². The maximum atomic E-state index is 13.1.